The molecule has 7 heteroatoms. The molecule has 5 nitrogen and oxygen atoms in total. The molecule has 0 unspecified atom stereocenters. The van der Waals surface area contributed by atoms with Gasteiger partial charge in [0.25, 0.3) is 0 Å². The van der Waals surface area contributed by atoms with Crippen LogP contribution in [0.3, 0.4) is 0 Å². The molecule has 1 fully saturated rings. The zero-order valence-corrected chi connectivity index (χ0v) is 14.5. The third kappa shape index (κ3) is 3.77. The second-order valence-corrected chi connectivity index (χ2v) is 8.62. The van der Waals surface area contributed by atoms with Crippen molar-refractivity contribution >= 4 is 26.0 Å². The van der Waals surface area contributed by atoms with Gasteiger partial charge < -0.3 is 0 Å². The molecule has 0 saturated carbocycles. The van der Waals surface area contributed by atoms with Gasteiger partial charge in [0, 0.05) is 31.7 Å². The lowest BCUT2D eigenvalue weighted by Gasteiger charge is -2.38. The molecular weight excluding hydrogens is 366 g/mol. The smallest absolute Gasteiger partial charge is 0.214 e. The summed E-state index contributed by atoms with van der Waals surface area (Å²) in [5.74, 6) is 0.523. The van der Waals surface area contributed by atoms with E-state index in [0.29, 0.717) is 25.4 Å². The van der Waals surface area contributed by atoms with Crippen molar-refractivity contribution in [2.75, 3.05) is 18.8 Å². The average Bonchev–Trinajstić information content (AvgIpc) is 2.87. The maximum Gasteiger partial charge on any atom is 0.214 e. The van der Waals surface area contributed by atoms with E-state index in [4.69, 9.17) is 0 Å². The summed E-state index contributed by atoms with van der Waals surface area (Å²) < 4.78 is 28.9. The Bertz CT molecular complexity index is 724. The van der Waals surface area contributed by atoms with E-state index in [9.17, 15) is 8.42 Å². The minimum atomic E-state index is -3.15. The first-order chi connectivity index (χ1) is 10.5. The Kier molecular flexibility index (Phi) is 4.65. The van der Waals surface area contributed by atoms with Crippen LogP contribution >= 0.6 is 15.9 Å². The number of nitrogens with zero attached hydrogens (tertiary/aromatic N) is 3. The summed E-state index contributed by atoms with van der Waals surface area (Å²) in [7, 11) is -3.15. The molecule has 1 aliphatic rings. The van der Waals surface area contributed by atoms with Gasteiger partial charge >= 0.3 is 0 Å². The zero-order valence-electron chi connectivity index (χ0n) is 12.1. The number of sulfonamides is 1. The van der Waals surface area contributed by atoms with Crippen LogP contribution in [-0.4, -0.2) is 41.3 Å². The van der Waals surface area contributed by atoms with Crippen LogP contribution in [0, 0.1) is 5.92 Å². The summed E-state index contributed by atoms with van der Waals surface area (Å²) in [5, 5.41) is 4.20. The second-order valence-electron chi connectivity index (χ2n) is 5.62. The van der Waals surface area contributed by atoms with Crippen molar-refractivity contribution in [2.45, 2.75) is 13.0 Å². The third-order valence-electron chi connectivity index (χ3n) is 3.86. The number of aromatic nitrogens is 2. The molecule has 0 N–H and O–H groups in total. The first-order valence-corrected chi connectivity index (χ1v) is 9.63. The molecule has 2 aromatic rings. The minimum Gasteiger partial charge on any atom is -0.271 e. The first kappa shape index (κ1) is 15.7. The lowest BCUT2D eigenvalue weighted by atomic mass is 10.0. The van der Waals surface area contributed by atoms with Crippen LogP contribution in [0.2, 0.25) is 0 Å². The molecule has 1 aliphatic heterocycles. The average molecular weight is 384 g/mol. The second kappa shape index (κ2) is 6.52. The molecular formula is C15H18BrN3O2S. The lowest BCUT2D eigenvalue weighted by molar-refractivity contribution is 0.175. The molecule has 0 spiro atoms. The van der Waals surface area contributed by atoms with Crippen LogP contribution in [0.15, 0.2) is 47.2 Å². The molecule has 0 amide bonds. The fourth-order valence-electron chi connectivity index (χ4n) is 2.59. The van der Waals surface area contributed by atoms with E-state index >= 15 is 0 Å². The summed E-state index contributed by atoms with van der Waals surface area (Å²) in [5.41, 5.74) is 1.06. The summed E-state index contributed by atoms with van der Waals surface area (Å²) in [6.45, 7) is 1.94. The highest BCUT2D eigenvalue weighted by Gasteiger charge is 2.35. The molecule has 3 rings (SSSR count). The Hall–Kier alpha value is -1.18. The highest BCUT2D eigenvalue weighted by Crippen LogP contribution is 2.22. The van der Waals surface area contributed by atoms with Crippen LogP contribution in [0.5, 0.6) is 0 Å². The van der Waals surface area contributed by atoms with Crippen molar-refractivity contribution in [1.29, 1.82) is 0 Å². The van der Waals surface area contributed by atoms with E-state index in [0.717, 1.165) is 16.6 Å². The maximum absolute atomic E-state index is 12.3. The molecule has 0 atom stereocenters. The van der Waals surface area contributed by atoms with Gasteiger partial charge in [-0.1, -0.05) is 30.3 Å². The van der Waals surface area contributed by atoms with Crippen molar-refractivity contribution in [3.63, 3.8) is 0 Å². The molecule has 2 heterocycles. The normalized spacial score (nSPS) is 16.6. The quantitative estimate of drug-likeness (QED) is 0.767. The van der Waals surface area contributed by atoms with Crippen molar-refractivity contribution in [3.8, 4) is 0 Å². The van der Waals surface area contributed by atoms with Gasteiger partial charge in [-0.05, 0) is 27.9 Å². The van der Waals surface area contributed by atoms with Crippen LogP contribution < -0.4 is 0 Å². The minimum absolute atomic E-state index is 0.178. The summed E-state index contributed by atoms with van der Waals surface area (Å²) >= 11 is 3.36. The summed E-state index contributed by atoms with van der Waals surface area (Å²) in [4.78, 5) is 0. The number of halogens is 1. The number of aryl methyl sites for hydroxylation is 1. The van der Waals surface area contributed by atoms with Crippen molar-refractivity contribution in [3.05, 3.63) is 52.8 Å². The molecule has 1 saturated heterocycles. The van der Waals surface area contributed by atoms with E-state index < -0.39 is 10.0 Å². The molecule has 118 valence electrons. The Balaban J connectivity index is 1.48. The molecule has 0 aliphatic carbocycles. The Labute approximate surface area is 139 Å². The number of hydrogen-bond donors (Lipinski definition) is 0. The van der Waals surface area contributed by atoms with Gasteiger partial charge in [-0.3, -0.25) is 4.68 Å². The fourth-order valence-corrected chi connectivity index (χ4v) is 4.54. The van der Waals surface area contributed by atoms with Gasteiger partial charge in [-0.15, -0.1) is 0 Å². The van der Waals surface area contributed by atoms with E-state index in [-0.39, 0.29) is 5.75 Å². The Morgan fingerprint density at radius 3 is 2.59 bits per heavy atom. The predicted molar refractivity (Wildman–Crippen MR) is 88.9 cm³/mol. The largest absolute Gasteiger partial charge is 0.271 e. The molecule has 1 aromatic heterocycles. The maximum atomic E-state index is 12.3. The van der Waals surface area contributed by atoms with Gasteiger partial charge in [0.05, 0.1) is 16.4 Å². The number of benzene rings is 1. The van der Waals surface area contributed by atoms with Crippen LogP contribution in [0.4, 0.5) is 0 Å². The van der Waals surface area contributed by atoms with Crippen LogP contribution in [0.25, 0.3) is 0 Å². The standard InChI is InChI=1S/C15H18BrN3O2S/c16-15-8-17-18(12-15)9-14-10-19(11-14)22(20,21)7-6-13-4-2-1-3-5-13/h1-5,8,12,14H,6-7,9-11H2. The molecule has 0 bridgehead atoms. The van der Waals surface area contributed by atoms with Gasteiger partial charge in [-0.2, -0.15) is 5.10 Å². The molecule has 22 heavy (non-hydrogen) atoms. The molecule has 0 radical (unpaired) electrons. The van der Waals surface area contributed by atoms with Gasteiger partial charge in [-0.25, -0.2) is 12.7 Å². The number of rotatable bonds is 6. The van der Waals surface area contributed by atoms with E-state index in [1.54, 1.807) is 10.5 Å². The van der Waals surface area contributed by atoms with E-state index in [2.05, 4.69) is 21.0 Å². The monoisotopic (exact) mass is 383 g/mol. The SMILES string of the molecule is O=S(=O)(CCc1ccccc1)N1CC(Cn2cc(Br)cn2)C1. The topological polar surface area (TPSA) is 55.2 Å². The van der Waals surface area contributed by atoms with Gasteiger partial charge in [0.2, 0.25) is 10.0 Å². The number of hydrogen-bond acceptors (Lipinski definition) is 3. The zero-order chi connectivity index (χ0) is 15.6. The predicted octanol–water partition coefficient (Wildman–Crippen LogP) is 2.15. The lowest BCUT2D eigenvalue weighted by Crippen LogP contribution is -2.52. The highest BCUT2D eigenvalue weighted by molar-refractivity contribution is 9.10. The first-order valence-electron chi connectivity index (χ1n) is 7.22. The van der Waals surface area contributed by atoms with Crippen molar-refractivity contribution in [2.24, 2.45) is 5.92 Å². The summed E-state index contributed by atoms with van der Waals surface area (Å²) in [6, 6.07) is 9.73. The molecule has 1 aromatic carbocycles. The van der Waals surface area contributed by atoms with E-state index in [1.807, 2.05) is 41.2 Å². The Morgan fingerprint density at radius 1 is 1.23 bits per heavy atom. The third-order valence-corrected chi connectivity index (χ3v) is 6.07. The van der Waals surface area contributed by atoms with Crippen molar-refractivity contribution in [1.82, 2.24) is 14.1 Å². The Morgan fingerprint density at radius 2 is 1.95 bits per heavy atom. The van der Waals surface area contributed by atoms with E-state index in [1.165, 1.54) is 0 Å². The highest BCUT2D eigenvalue weighted by atomic mass is 79.9. The van der Waals surface area contributed by atoms with Crippen molar-refractivity contribution < 1.29 is 8.42 Å². The summed E-state index contributed by atoms with van der Waals surface area (Å²) in [6.07, 6.45) is 4.22. The van der Waals surface area contributed by atoms with Crippen LogP contribution in [-0.2, 0) is 23.0 Å². The van der Waals surface area contributed by atoms with Gasteiger partial charge in [0.1, 0.15) is 0 Å². The van der Waals surface area contributed by atoms with Gasteiger partial charge in [0.15, 0.2) is 0 Å². The van der Waals surface area contributed by atoms with Crippen LogP contribution in [0.1, 0.15) is 5.56 Å². The fraction of sp³-hybridized carbons (Fsp3) is 0.400.